The second kappa shape index (κ2) is 9.71. The SMILES string of the molecule is CCc1ccc(N2C(=O)Nc3ccccc3C2(O)C(=O)NCCCN2CCCCC2)cc1. The largest absolute Gasteiger partial charge is 0.359 e. The summed E-state index contributed by atoms with van der Waals surface area (Å²) in [6.07, 6.45) is 5.39. The van der Waals surface area contributed by atoms with Crippen molar-refractivity contribution in [2.45, 2.75) is 44.8 Å². The lowest BCUT2D eigenvalue weighted by atomic mass is 9.94. The number of rotatable bonds is 7. The molecule has 3 amide bonds. The standard InChI is InChI=1S/C25H32N4O3/c1-2-19-11-13-20(14-12-19)29-24(31)27-22-10-5-4-9-21(22)25(29,32)23(30)26-15-8-18-28-16-6-3-7-17-28/h4-5,9-14,32H,2-3,6-8,15-18H2,1H3,(H,26,30)(H,27,31). The van der Waals surface area contributed by atoms with Gasteiger partial charge in [-0.2, -0.15) is 0 Å². The van der Waals surface area contributed by atoms with Gasteiger partial charge in [-0.25, -0.2) is 4.79 Å². The third-order valence-corrected chi connectivity index (χ3v) is 6.38. The van der Waals surface area contributed by atoms with E-state index in [1.165, 1.54) is 19.3 Å². The Morgan fingerprint density at radius 2 is 1.81 bits per heavy atom. The first-order valence-electron chi connectivity index (χ1n) is 11.6. The molecule has 170 valence electrons. The van der Waals surface area contributed by atoms with Gasteiger partial charge in [0.2, 0.25) is 0 Å². The van der Waals surface area contributed by atoms with Gasteiger partial charge in [0.05, 0.1) is 5.69 Å². The molecule has 1 saturated heterocycles. The minimum absolute atomic E-state index is 0.354. The predicted molar refractivity (Wildman–Crippen MR) is 126 cm³/mol. The lowest BCUT2D eigenvalue weighted by Crippen LogP contribution is -2.62. The number of likely N-dealkylation sites (tertiary alicyclic amines) is 1. The maximum atomic E-state index is 13.4. The highest BCUT2D eigenvalue weighted by atomic mass is 16.3. The lowest BCUT2D eigenvalue weighted by Gasteiger charge is -2.42. The lowest BCUT2D eigenvalue weighted by molar-refractivity contribution is -0.140. The first kappa shape index (κ1) is 22.3. The van der Waals surface area contributed by atoms with Crippen LogP contribution in [0.5, 0.6) is 0 Å². The number of hydrogen-bond donors (Lipinski definition) is 3. The molecule has 0 aliphatic carbocycles. The summed E-state index contributed by atoms with van der Waals surface area (Å²) in [7, 11) is 0. The smallest absolute Gasteiger partial charge is 0.329 e. The Morgan fingerprint density at radius 1 is 1.09 bits per heavy atom. The van der Waals surface area contributed by atoms with Gasteiger partial charge < -0.3 is 20.6 Å². The van der Waals surface area contributed by atoms with Crippen LogP contribution in [0, 0.1) is 0 Å². The highest BCUT2D eigenvalue weighted by Crippen LogP contribution is 2.39. The van der Waals surface area contributed by atoms with Crippen LogP contribution in [0.1, 0.15) is 43.7 Å². The molecule has 2 aromatic rings. The van der Waals surface area contributed by atoms with E-state index in [1.54, 1.807) is 36.4 Å². The molecule has 2 aromatic carbocycles. The van der Waals surface area contributed by atoms with Crippen molar-refractivity contribution < 1.29 is 14.7 Å². The number of benzene rings is 2. The molecule has 0 aromatic heterocycles. The minimum Gasteiger partial charge on any atom is -0.359 e. The quantitative estimate of drug-likeness (QED) is 0.581. The van der Waals surface area contributed by atoms with Gasteiger partial charge in [-0.3, -0.25) is 9.69 Å². The van der Waals surface area contributed by atoms with Gasteiger partial charge in [-0.15, -0.1) is 0 Å². The number of carbonyl (C=O) groups is 2. The Balaban J connectivity index is 1.56. The second-order valence-electron chi connectivity index (χ2n) is 8.52. The van der Waals surface area contributed by atoms with Crippen molar-refractivity contribution in [2.75, 3.05) is 36.4 Å². The molecule has 0 spiro atoms. The van der Waals surface area contributed by atoms with Crippen molar-refractivity contribution in [2.24, 2.45) is 0 Å². The van der Waals surface area contributed by atoms with E-state index in [2.05, 4.69) is 15.5 Å². The summed E-state index contributed by atoms with van der Waals surface area (Å²) in [6, 6.07) is 13.7. The van der Waals surface area contributed by atoms with Crippen LogP contribution < -0.4 is 15.5 Å². The first-order valence-corrected chi connectivity index (χ1v) is 11.6. The summed E-state index contributed by atoms with van der Waals surface area (Å²) < 4.78 is 0. The Labute approximate surface area is 189 Å². The molecule has 1 fully saturated rings. The molecule has 1 unspecified atom stereocenters. The van der Waals surface area contributed by atoms with Gasteiger partial charge in [0.25, 0.3) is 11.6 Å². The Kier molecular flexibility index (Phi) is 6.77. The van der Waals surface area contributed by atoms with Crippen molar-refractivity contribution in [3.05, 3.63) is 59.7 Å². The third-order valence-electron chi connectivity index (χ3n) is 6.38. The van der Waals surface area contributed by atoms with E-state index < -0.39 is 17.7 Å². The van der Waals surface area contributed by atoms with Crippen molar-refractivity contribution in [3.63, 3.8) is 0 Å². The molecule has 0 radical (unpaired) electrons. The molecule has 7 heteroatoms. The van der Waals surface area contributed by atoms with Gasteiger partial charge in [0.1, 0.15) is 0 Å². The number of anilines is 2. The van der Waals surface area contributed by atoms with Crippen molar-refractivity contribution in [3.8, 4) is 0 Å². The number of para-hydroxylation sites is 1. The van der Waals surface area contributed by atoms with Crippen LogP contribution in [0.4, 0.5) is 16.2 Å². The number of nitrogens with one attached hydrogen (secondary N) is 2. The average molecular weight is 437 g/mol. The molecule has 0 saturated carbocycles. The van der Waals surface area contributed by atoms with Crippen LogP contribution in [-0.2, 0) is 16.9 Å². The summed E-state index contributed by atoms with van der Waals surface area (Å²) in [4.78, 5) is 30.0. The molecule has 7 nitrogen and oxygen atoms in total. The van der Waals surface area contributed by atoms with Crippen LogP contribution in [0.25, 0.3) is 0 Å². The molecular formula is C25H32N4O3. The third kappa shape index (κ3) is 4.36. The van der Waals surface area contributed by atoms with E-state index >= 15 is 0 Å². The molecule has 3 N–H and O–H groups in total. The summed E-state index contributed by atoms with van der Waals surface area (Å²) in [5, 5.41) is 17.5. The zero-order valence-corrected chi connectivity index (χ0v) is 18.6. The fourth-order valence-electron chi connectivity index (χ4n) is 4.55. The maximum Gasteiger partial charge on any atom is 0.329 e. The van der Waals surface area contributed by atoms with Gasteiger partial charge in [-0.05, 0) is 69.1 Å². The molecule has 2 heterocycles. The van der Waals surface area contributed by atoms with E-state index in [1.807, 2.05) is 19.1 Å². The maximum absolute atomic E-state index is 13.4. The molecule has 0 bridgehead atoms. The summed E-state index contributed by atoms with van der Waals surface area (Å²) >= 11 is 0. The fourth-order valence-corrected chi connectivity index (χ4v) is 4.55. The topological polar surface area (TPSA) is 84.9 Å². The number of carbonyl (C=O) groups excluding carboxylic acids is 2. The zero-order valence-electron chi connectivity index (χ0n) is 18.6. The van der Waals surface area contributed by atoms with E-state index in [-0.39, 0.29) is 0 Å². The number of aryl methyl sites for hydroxylation is 1. The normalized spacial score (nSPS) is 21.1. The highest BCUT2D eigenvalue weighted by Gasteiger charge is 2.51. The number of aliphatic hydroxyl groups is 1. The summed E-state index contributed by atoms with van der Waals surface area (Å²) in [5.41, 5.74) is 0.215. The van der Waals surface area contributed by atoms with E-state index in [4.69, 9.17) is 0 Å². The minimum atomic E-state index is -2.14. The van der Waals surface area contributed by atoms with Gasteiger partial charge in [0, 0.05) is 17.8 Å². The van der Waals surface area contributed by atoms with Crippen LogP contribution >= 0.6 is 0 Å². The average Bonchev–Trinajstić information content (AvgIpc) is 2.82. The first-order chi connectivity index (χ1) is 15.5. The fraction of sp³-hybridized carbons (Fsp3) is 0.440. The van der Waals surface area contributed by atoms with E-state index in [0.29, 0.717) is 23.5 Å². The zero-order chi connectivity index (χ0) is 22.6. The molecule has 1 atom stereocenters. The Morgan fingerprint density at radius 3 is 2.53 bits per heavy atom. The van der Waals surface area contributed by atoms with Gasteiger partial charge >= 0.3 is 6.03 Å². The monoisotopic (exact) mass is 436 g/mol. The highest BCUT2D eigenvalue weighted by molar-refractivity contribution is 6.11. The number of urea groups is 1. The Bertz CT molecular complexity index is 956. The Hall–Kier alpha value is -2.90. The summed E-state index contributed by atoms with van der Waals surface area (Å²) in [6.45, 7) is 5.61. The van der Waals surface area contributed by atoms with Crippen LogP contribution in [-0.4, -0.2) is 48.1 Å². The molecule has 32 heavy (non-hydrogen) atoms. The molecule has 2 aliphatic heterocycles. The van der Waals surface area contributed by atoms with Crippen LogP contribution in [0.2, 0.25) is 0 Å². The number of amides is 3. The van der Waals surface area contributed by atoms with E-state index in [0.717, 1.165) is 42.9 Å². The number of nitrogens with zero attached hydrogens (tertiary/aromatic N) is 2. The summed E-state index contributed by atoms with van der Waals surface area (Å²) in [5.74, 6) is -0.599. The van der Waals surface area contributed by atoms with Crippen LogP contribution in [0.15, 0.2) is 48.5 Å². The molecular weight excluding hydrogens is 404 g/mol. The predicted octanol–water partition coefficient (Wildman–Crippen LogP) is 3.44. The van der Waals surface area contributed by atoms with Crippen LogP contribution in [0.3, 0.4) is 0 Å². The second-order valence-corrected chi connectivity index (χ2v) is 8.52. The van der Waals surface area contributed by atoms with Crippen molar-refractivity contribution in [1.82, 2.24) is 10.2 Å². The van der Waals surface area contributed by atoms with Gasteiger partial charge in [0.15, 0.2) is 0 Å². The molecule has 4 rings (SSSR count). The number of fused-ring (bicyclic) bond motifs is 1. The molecule has 2 aliphatic rings. The van der Waals surface area contributed by atoms with Gasteiger partial charge in [-0.1, -0.05) is 43.7 Å². The van der Waals surface area contributed by atoms with Crippen molar-refractivity contribution >= 4 is 23.3 Å². The number of piperidine rings is 1. The van der Waals surface area contributed by atoms with Crippen molar-refractivity contribution in [1.29, 1.82) is 0 Å². The van der Waals surface area contributed by atoms with E-state index in [9.17, 15) is 14.7 Å². The number of hydrogen-bond acceptors (Lipinski definition) is 4.